The van der Waals surface area contributed by atoms with Gasteiger partial charge in [-0.05, 0) is 83.3 Å². The Morgan fingerprint density at radius 2 is 1.82 bits per heavy atom. The van der Waals surface area contributed by atoms with Gasteiger partial charge in [-0.25, -0.2) is 20.0 Å². The van der Waals surface area contributed by atoms with Crippen molar-refractivity contribution in [2.45, 2.75) is 119 Å². The average Bonchev–Trinajstić information content (AvgIpc) is 3.33. The first-order valence-corrected chi connectivity index (χ1v) is 16.2. The number of hydrazine groups is 1. The van der Waals surface area contributed by atoms with E-state index < -0.39 is 46.6 Å². The summed E-state index contributed by atoms with van der Waals surface area (Å²) >= 11 is 0. The predicted octanol–water partition coefficient (Wildman–Crippen LogP) is 3.24. The van der Waals surface area contributed by atoms with E-state index in [9.17, 15) is 19.8 Å². The van der Waals surface area contributed by atoms with Gasteiger partial charge in [-0.15, -0.1) is 0 Å². The number of ether oxygens (including phenoxy) is 4. The molecule has 6 fully saturated rings. The van der Waals surface area contributed by atoms with E-state index in [0.29, 0.717) is 44.2 Å². The summed E-state index contributed by atoms with van der Waals surface area (Å²) in [6.07, 6.45) is 2.06. The maximum absolute atomic E-state index is 14.2. The predicted molar refractivity (Wildman–Crippen MR) is 160 cm³/mol. The van der Waals surface area contributed by atoms with Gasteiger partial charge in [0.25, 0.3) is 0 Å². The quantitative estimate of drug-likeness (QED) is 0.354. The van der Waals surface area contributed by atoms with Crippen molar-refractivity contribution >= 4 is 17.7 Å². The number of amides is 1. The van der Waals surface area contributed by atoms with Crippen molar-refractivity contribution in [3.05, 3.63) is 29.8 Å². The molecule has 3 saturated carbocycles. The highest BCUT2D eigenvalue weighted by molar-refractivity contribution is 6.00. The van der Waals surface area contributed by atoms with Crippen LogP contribution in [0.25, 0.3) is 0 Å². The van der Waals surface area contributed by atoms with Crippen molar-refractivity contribution in [2.24, 2.45) is 23.7 Å². The Balaban J connectivity index is 1.32. The van der Waals surface area contributed by atoms with Gasteiger partial charge < -0.3 is 29.2 Å². The van der Waals surface area contributed by atoms with E-state index in [2.05, 4.69) is 22.7 Å². The highest BCUT2D eigenvalue weighted by atomic mass is 16.6. The van der Waals surface area contributed by atoms with Crippen LogP contribution in [0.15, 0.2) is 24.3 Å². The summed E-state index contributed by atoms with van der Waals surface area (Å²) in [7, 11) is 3.37. The van der Waals surface area contributed by atoms with Crippen LogP contribution in [0.2, 0.25) is 0 Å². The van der Waals surface area contributed by atoms with Crippen LogP contribution in [0.5, 0.6) is 0 Å². The lowest BCUT2D eigenvalue weighted by Gasteiger charge is -2.67. The molecule has 3 aliphatic carbocycles. The number of hydrogen-bond donors (Lipinski definition) is 4. The van der Waals surface area contributed by atoms with E-state index in [1.54, 1.807) is 52.3 Å². The van der Waals surface area contributed by atoms with E-state index in [-0.39, 0.29) is 47.5 Å². The summed E-state index contributed by atoms with van der Waals surface area (Å²) < 4.78 is 24.1. The van der Waals surface area contributed by atoms with Gasteiger partial charge in [0.2, 0.25) is 0 Å². The Morgan fingerprint density at radius 3 is 2.52 bits per heavy atom. The minimum atomic E-state index is -1.44. The summed E-state index contributed by atoms with van der Waals surface area (Å²) in [6.45, 7) is 7.73. The first-order valence-electron chi connectivity index (χ1n) is 16.2. The van der Waals surface area contributed by atoms with Crippen LogP contribution in [0.4, 0.5) is 10.5 Å². The summed E-state index contributed by atoms with van der Waals surface area (Å²) in [4.78, 5) is 26.7. The third-order valence-electron chi connectivity index (χ3n) is 12.6. The Hall–Kier alpha value is -2.28. The monoisotopic (exact) mass is 613 g/mol. The molecule has 4 unspecified atom stereocenters. The largest absolute Gasteiger partial charge is 0.453 e. The van der Waals surface area contributed by atoms with Crippen LogP contribution in [-0.2, 0) is 18.9 Å². The molecular formula is C33H47N3O8. The molecule has 1 aromatic rings. The molecule has 1 spiro atoms. The second kappa shape index (κ2) is 10.1. The van der Waals surface area contributed by atoms with Crippen molar-refractivity contribution in [2.75, 3.05) is 19.5 Å². The zero-order valence-corrected chi connectivity index (χ0v) is 26.5. The smallest absolute Gasteiger partial charge is 0.411 e. The van der Waals surface area contributed by atoms with E-state index >= 15 is 0 Å². The van der Waals surface area contributed by atoms with Crippen LogP contribution in [0.1, 0.15) is 76.6 Å². The standard InChI is InChI=1S/C33H47N3O8/c1-17(2)43-29(38)34-23-10-8-7-9-21(23)28(37)44-31-12-11-20(41-5)16-30-24(31)14-26(36(30)35-19(31)4)32(39)15-18(3)22-13-25(30)33(32,40)27(22)42-6/h7-10,17-20,22,24-27,35,39-40H,11-16H2,1-6H3,(H,34,38)/t18-,19-,20-,22+,24?,25?,26+,27-,30?,31+,32-,33-/m0/s1. The molecule has 0 aromatic heterocycles. The number of rotatable bonds is 6. The number of benzene rings is 1. The molecule has 0 radical (unpaired) electrons. The van der Waals surface area contributed by atoms with Crippen LogP contribution in [0.3, 0.4) is 0 Å². The van der Waals surface area contributed by atoms with Gasteiger partial charge in [-0.2, -0.15) is 0 Å². The Kier molecular flexibility index (Phi) is 6.98. The molecule has 3 aliphatic heterocycles. The number of carbonyl (C=O) groups excluding carboxylic acids is 2. The molecule has 3 saturated heterocycles. The fourth-order valence-corrected chi connectivity index (χ4v) is 11.0. The second-order valence-electron chi connectivity index (χ2n) is 14.6. The molecular weight excluding hydrogens is 566 g/mol. The van der Waals surface area contributed by atoms with Crippen LogP contribution < -0.4 is 10.7 Å². The molecule has 4 N–H and O–H groups in total. The highest BCUT2D eigenvalue weighted by Gasteiger charge is 2.86. The van der Waals surface area contributed by atoms with Crippen molar-refractivity contribution < 1.29 is 38.7 Å². The number of para-hydroxylation sites is 1. The number of aliphatic hydroxyl groups is 2. The molecule has 7 bridgehead atoms. The van der Waals surface area contributed by atoms with E-state index in [1.807, 2.05) is 6.92 Å². The lowest BCUT2D eigenvalue weighted by molar-refractivity contribution is -0.321. The number of anilines is 1. The lowest BCUT2D eigenvalue weighted by atomic mass is 9.55. The maximum atomic E-state index is 14.2. The summed E-state index contributed by atoms with van der Waals surface area (Å²) in [6, 6.07) is 6.13. The van der Waals surface area contributed by atoms with Gasteiger partial charge in [0.05, 0.1) is 47.2 Å². The second-order valence-corrected chi connectivity index (χ2v) is 14.6. The van der Waals surface area contributed by atoms with Crippen molar-refractivity contribution in [1.29, 1.82) is 0 Å². The number of carbonyl (C=O) groups is 2. The Morgan fingerprint density at radius 1 is 1.07 bits per heavy atom. The van der Waals surface area contributed by atoms with E-state index in [0.717, 1.165) is 0 Å². The molecule has 11 heteroatoms. The first kappa shape index (κ1) is 30.4. The third kappa shape index (κ3) is 3.71. The minimum Gasteiger partial charge on any atom is -0.453 e. The molecule has 44 heavy (non-hydrogen) atoms. The lowest BCUT2D eigenvalue weighted by Crippen LogP contribution is -2.85. The minimum absolute atomic E-state index is 0.105. The Bertz CT molecular complexity index is 1340. The van der Waals surface area contributed by atoms with Crippen LogP contribution in [0, 0.1) is 23.7 Å². The first-order chi connectivity index (χ1) is 20.9. The molecule has 1 amide bonds. The summed E-state index contributed by atoms with van der Waals surface area (Å²) in [5.74, 6) is -0.750. The number of nitrogens with zero attached hydrogens (tertiary/aromatic N) is 1. The SMILES string of the molecule is CO[C@H]1CC[C@]2(OC(=O)c3ccccc3NC(=O)OC(C)C)C3C[C@H]4N(N[C@H]2C)C3(C1)C1C[C@@H]2[C@@H](C)C[C@@]4(O)[C@@]1(O)[C@H]2OC. The summed E-state index contributed by atoms with van der Waals surface area (Å²) in [5, 5.41) is 30.4. The number of fused-ring (bicyclic) bond motifs is 2. The van der Waals surface area contributed by atoms with Crippen LogP contribution in [-0.4, -0.2) is 94.2 Å². The summed E-state index contributed by atoms with van der Waals surface area (Å²) in [5.41, 5.74) is -0.143. The number of methoxy groups -OCH3 is 2. The number of piperidine rings is 1. The zero-order valence-electron chi connectivity index (χ0n) is 26.5. The fraction of sp³-hybridized carbons (Fsp3) is 0.758. The number of hydrogen-bond acceptors (Lipinski definition) is 10. The Labute approximate surface area is 258 Å². The molecule has 6 aliphatic rings. The van der Waals surface area contributed by atoms with Crippen molar-refractivity contribution in [3.8, 4) is 0 Å². The van der Waals surface area contributed by atoms with Crippen molar-refractivity contribution in [3.63, 3.8) is 0 Å². The molecule has 13 atom stereocenters. The van der Waals surface area contributed by atoms with Gasteiger partial charge in [-0.1, -0.05) is 19.1 Å². The van der Waals surface area contributed by atoms with E-state index in [4.69, 9.17) is 18.9 Å². The topological polar surface area (TPSA) is 139 Å². The third-order valence-corrected chi connectivity index (χ3v) is 12.6. The van der Waals surface area contributed by atoms with Gasteiger partial charge >= 0.3 is 12.1 Å². The van der Waals surface area contributed by atoms with Crippen LogP contribution >= 0.6 is 0 Å². The molecule has 242 valence electrons. The number of esters is 1. The fourth-order valence-electron chi connectivity index (χ4n) is 11.0. The average molecular weight is 614 g/mol. The molecule has 11 nitrogen and oxygen atoms in total. The molecule has 3 heterocycles. The zero-order chi connectivity index (χ0) is 31.4. The van der Waals surface area contributed by atoms with E-state index in [1.165, 1.54) is 0 Å². The highest BCUT2D eigenvalue weighted by Crippen LogP contribution is 2.73. The molecule has 1 aromatic carbocycles. The van der Waals surface area contributed by atoms with Gasteiger partial charge in [0, 0.05) is 26.1 Å². The molecule has 7 rings (SSSR count). The van der Waals surface area contributed by atoms with Gasteiger partial charge in [0.15, 0.2) is 0 Å². The van der Waals surface area contributed by atoms with Crippen molar-refractivity contribution in [1.82, 2.24) is 10.4 Å². The van der Waals surface area contributed by atoms with Gasteiger partial charge in [-0.3, -0.25) is 5.32 Å². The maximum Gasteiger partial charge on any atom is 0.411 e. The number of nitrogens with one attached hydrogen (secondary N) is 2. The normalized spacial score (nSPS) is 48.1. The van der Waals surface area contributed by atoms with Gasteiger partial charge in [0.1, 0.15) is 16.8 Å².